The zero-order valence-corrected chi connectivity index (χ0v) is 18.2. The van der Waals surface area contributed by atoms with Crippen LogP contribution in [0.5, 0.6) is 5.75 Å². The Kier molecular flexibility index (Phi) is 6.50. The molecule has 0 bridgehead atoms. The van der Waals surface area contributed by atoms with Crippen LogP contribution < -0.4 is 4.74 Å². The Hall–Kier alpha value is -3.60. The van der Waals surface area contributed by atoms with Crippen LogP contribution in [0.3, 0.4) is 0 Å². The molecular formula is C28H23F3O2. The monoisotopic (exact) mass is 448 g/mol. The van der Waals surface area contributed by atoms with Crippen LogP contribution in [0.25, 0.3) is 0 Å². The third-order valence-electron chi connectivity index (χ3n) is 5.90. The second-order valence-electron chi connectivity index (χ2n) is 8.14. The molecule has 3 aromatic carbocycles. The lowest BCUT2D eigenvalue weighted by Gasteiger charge is -2.20. The van der Waals surface area contributed by atoms with Crippen molar-refractivity contribution in [3.8, 4) is 5.75 Å². The first-order valence-corrected chi connectivity index (χ1v) is 10.7. The second-order valence-corrected chi connectivity index (χ2v) is 8.14. The van der Waals surface area contributed by atoms with E-state index in [1.165, 1.54) is 0 Å². The highest BCUT2D eigenvalue weighted by Gasteiger charge is 2.36. The molecule has 0 amide bonds. The standard InChI is InChI=1S/C28H23F3O2/c1-3-12-33-26-7-5-4-6-21(26)22-13-19(18-10-8-17(2)9-11-18)14-23(22)28(32)27-24(30)15-20(29)16-25(27)31/h3-11,14-16,19,22H,1,12-13H2,2H3. The van der Waals surface area contributed by atoms with Gasteiger partial charge in [0, 0.05) is 35.1 Å². The Balaban J connectivity index is 1.81. The van der Waals surface area contributed by atoms with Crippen LogP contribution in [0.4, 0.5) is 13.2 Å². The van der Waals surface area contributed by atoms with Gasteiger partial charge in [0.05, 0.1) is 5.56 Å². The Morgan fingerprint density at radius 2 is 1.73 bits per heavy atom. The summed E-state index contributed by atoms with van der Waals surface area (Å²) < 4.78 is 48.2. The molecule has 4 rings (SSSR count). The highest BCUT2D eigenvalue weighted by atomic mass is 19.1. The lowest BCUT2D eigenvalue weighted by atomic mass is 9.86. The Bertz CT molecular complexity index is 1210. The number of Topliss-reactive ketones (excluding diaryl/α,β-unsaturated/α-hetero) is 1. The molecule has 0 saturated carbocycles. The maximum atomic E-state index is 14.5. The van der Waals surface area contributed by atoms with Gasteiger partial charge in [0.1, 0.15) is 29.8 Å². The molecule has 0 aliphatic heterocycles. The summed E-state index contributed by atoms with van der Waals surface area (Å²) in [4.78, 5) is 13.4. The lowest BCUT2D eigenvalue weighted by Crippen LogP contribution is -2.14. The number of para-hydroxylation sites is 1. The average Bonchev–Trinajstić information content (AvgIpc) is 3.23. The molecule has 33 heavy (non-hydrogen) atoms. The molecule has 2 unspecified atom stereocenters. The summed E-state index contributed by atoms with van der Waals surface area (Å²) in [6.45, 7) is 5.93. The number of benzene rings is 3. The van der Waals surface area contributed by atoms with E-state index in [4.69, 9.17) is 4.74 Å². The molecule has 0 spiro atoms. The fourth-order valence-electron chi connectivity index (χ4n) is 4.31. The minimum Gasteiger partial charge on any atom is -0.489 e. The van der Waals surface area contributed by atoms with Crippen LogP contribution in [0.1, 0.15) is 45.3 Å². The van der Waals surface area contributed by atoms with Crippen molar-refractivity contribution in [3.05, 3.63) is 125 Å². The number of hydrogen-bond donors (Lipinski definition) is 0. The summed E-state index contributed by atoms with van der Waals surface area (Å²) in [7, 11) is 0. The molecule has 0 heterocycles. The Morgan fingerprint density at radius 1 is 1.06 bits per heavy atom. The number of carbonyl (C=O) groups is 1. The number of halogens is 3. The van der Waals surface area contributed by atoms with Gasteiger partial charge in [-0.1, -0.05) is 66.8 Å². The molecule has 3 aromatic rings. The fourth-order valence-corrected chi connectivity index (χ4v) is 4.31. The predicted molar refractivity (Wildman–Crippen MR) is 122 cm³/mol. The molecular weight excluding hydrogens is 425 g/mol. The first-order valence-electron chi connectivity index (χ1n) is 10.7. The van der Waals surface area contributed by atoms with Crippen molar-refractivity contribution in [2.45, 2.75) is 25.2 Å². The fraction of sp³-hybridized carbons (Fsp3) is 0.179. The van der Waals surface area contributed by atoms with E-state index in [0.717, 1.165) is 16.7 Å². The number of carbonyl (C=O) groups excluding carboxylic acids is 1. The molecule has 0 radical (unpaired) electrons. The molecule has 168 valence electrons. The molecule has 0 saturated heterocycles. The number of rotatable bonds is 7. The van der Waals surface area contributed by atoms with Gasteiger partial charge in [-0.3, -0.25) is 4.79 Å². The maximum absolute atomic E-state index is 14.5. The molecule has 2 atom stereocenters. The van der Waals surface area contributed by atoms with Gasteiger partial charge in [-0.25, -0.2) is 13.2 Å². The maximum Gasteiger partial charge on any atom is 0.195 e. The smallest absolute Gasteiger partial charge is 0.195 e. The Morgan fingerprint density at radius 3 is 2.39 bits per heavy atom. The normalized spacial score (nSPS) is 17.5. The zero-order chi connectivity index (χ0) is 23.5. The second kappa shape index (κ2) is 9.49. The first-order chi connectivity index (χ1) is 15.9. The topological polar surface area (TPSA) is 26.3 Å². The van der Waals surface area contributed by atoms with Crippen LogP contribution >= 0.6 is 0 Å². The van der Waals surface area contributed by atoms with Crippen molar-refractivity contribution in [3.63, 3.8) is 0 Å². The largest absolute Gasteiger partial charge is 0.489 e. The van der Waals surface area contributed by atoms with Gasteiger partial charge in [-0.05, 0) is 25.0 Å². The summed E-state index contributed by atoms with van der Waals surface area (Å²) in [6.07, 6.45) is 3.92. The van der Waals surface area contributed by atoms with Crippen LogP contribution in [0.2, 0.25) is 0 Å². The third kappa shape index (κ3) is 4.63. The minimum atomic E-state index is -1.22. The van der Waals surface area contributed by atoms with E-state index in [1.807, 2.05) is 49.4 Å². The van der Waals surface area contributed by atoms with Gasteiger partial charge in [0.25, 0.3) is 0 Å². The van der Waals surface area contributed by atoms with Gasteiger partial charge in [0.2, 0.25) is 0 Å². The molecule has 1 aliphatic rings. The quantitative estimate of drug-likeness (QED) is 0.286. The summed E-state index contributed by atoms with van der Waals surface area (Å²) in [5, 5.41) is 0. The number of ketones is 1. The van der Waals surface area contributed by atoms with Crippen molar-refractivity contribution in [2.75, 3.05) is 6.61 Å². The Labute approximate surface area is 191 Å². The van der Waals surface area contributed by atoms with E-state index >= 15 is 0 Å². The predicted octanol–water partition coefficient (Wildman–Crippen LogP) is 7.06. The summed E-state index contributed by atoms with van der Waals surface area (Å²) in [6, 6.07) is 16.3. The first kappa shape index (κ1) is 22.6. The van der Waals surface area contributed by atoms with Crippen molar-refractivity contribution in [1.82, 2.24) is 0 Å². The minimum absolute atomic E-state index is 0.131. The van der Waals surface area contributed by atoms with Gasteiger partial charge < -0.3 is 4.74 Å². The van der Waals surface area contributed by atoms with Gasteiger partial charge >= 0.3 is 0 Å². The molecule has 2 nitrogen and oxygen atoms in total. The van der Waals surface area contributed by atoms with Gasteiger partial charge in [-0.15, -0.1) is 0 Å². The van der Waals surface area contributed by atoms with Crippen LogP contribution in [-0.2, 0) is 0 Å². The highest BCUT2D eigenvalue weighted by molar-refractivity contribution is 6.10. The van der Waals surface area contributed by atoms with Crippen molar-refractivity contribution in [1.29, 1.82) is 0 Å². The van der Waals surface area contributed by atoms with Crippen molar-refractivity contribution >= 4 is 5.78 Å². The summed E-state index contributed by atoms with van der Waals surface area (Å²) in [5.74, 6) is -4.30. The third-order valence-corrected chi connectivity index (χ3v) is 5.90. The number of allylic oxidation sites excluding steroid dienone is 2. The lowest BCUT2D eigenvalue weighted by molar-refractivity contribution is 0.102. The number of hydrogen-bond acceptors (Lipinski definition) is 2. The average molecular weight is 448 g/mol. The molecule has 5 heteroatoms. The summed E-state index contributed by atoms with van der Waals surface area (Å²) in [5.41, 5.74) is 2.36. The van der Waals surface area contributed by atoms with E-state index in [1.54, 1.807) is 18.2 Å². The van der Waals surface area contributed by atoms with Crippen LogP contribution in [0, 0.1) is 24.4 Å². The van der Waals surface area contributed by atoms with E-state index in [2.05, 4.69) is 6.58 Å². The highest BCUT2D eigenvalue weighted by Crippen LogP contribution is 2.47. The van der Waals surface area contributed by atoms with Crippen LogP contribution in [-0.4, -0.2) is 12.4 Å². The van der Waals surface area contributed by atoms with E-state index in [-0.39, 0.29) is 18.1 Å². The van der Waals surface area contributed by atoms with Crippen molar-refractivity contribution < 1.29 is 22.7 Å². The summed E-state index contributed by atoms with van der Waals surface area (Å²) >= 11 is 0. The molecule has 1 aliphatic carbocycles. The number of ether oxygens (including phenoxy) is 1. The SMILES string of the molecule is C=CCOc1ccccc1C1CC(c2ccc(C)cc2)C=C1C(=O)c1c(F)cc(F)cc1F. The van der Waals surface area contributed by atoms with Crippen molar-refractivity contribution in [2.24, 2.45) is 0 Å². The van der Waals surface area contributed by atoms with E-state index < -0.39 is 34.7 Å². The zero-order valence-electron chi connectivity index (χ0n) is 18.2. The molecule has 0 fully saturated rings. The van der Waals surface area contributed by atoms with Crippen LogP contribution in [0.15, 0.2) is 85.0 Å². The number of aryl methyl sites for hydroxylation is 1. The van der Waals surface area contributed by atoms with E-state index in [0.29, 0.717) is 24.3 Å². The van der Waals surface area contributed by atoms with Gasteiger partial charge in [0.15, 0.2) is 5.78 Å². The van der Waals surface area contributed by atoms with Gasteiger partial charge in [-0.2, -0.15) is 0 Å². The molecule has 0 N–H and O–H groups in total. The molecule has 0 aromatic heterocycles. The van der Waals surface area contributed by atoms with E-state index in [9.17, 15) is 18.0 Å².